The molecule has 6 nitrogen and oxygen atoms in total. The number of benzene rings is 2. The van der Waals surface area contributed by atoms with Crippen molar-refractivity contribution in [3.8, 4) is 5.75 Å². The van der Waals surface area contributed by atoms with E-state index in [2.05, 4.69) is 4.98 Å². The van der Waals surface area contributed by atoms with Gasteiger partial charge in [-0.3, -0.25) is 9.59 Å². The first-order valence-electron chi connectivity index (χ1n) is 9.16. The topological polar surface area (TPSA) is 93.6 Å². The van der Waals surface area contributed by atoms with E-state index in [-0.39, 0.29) is 17.1 Å². The number of aliphatic hydroxyl groups excluding tert-OH is 1. The molecule has 142 valence electrons. The standard InChI is InChI=1S/C22H20N2O4/c1-2-10-24-19(13-6-5-7-14(25)11-13)18(21(27)22(24)28)20(26)16-12-23-17-9-4-3-8-15(16)17/h3-9,11-12,19,23,25-26H,2,10H2,1H3/b20-18-. The third-order valence-corrected chi connectivity index (χ3v) is 5.03. The molecule has 3 aromatic rings. The largest absolute Gasteiger partial charge is 0.508 e. The summed E-state index contributed by atoms with van der Waals surface area (Å²) in [7, 11) is 0. The minimum Gasteiger partial charge on any atom is -0.508 e. The number of likely N-dealkylation sites (tertiary alicyclic amines) is 1. The van der Waals surface area contributed by atoms with Gasteiger partial charge in [0.25, 0.3) is 11.7 Å². The van der Waals surface area contributed by atoms with Gasteiger partial charge < -0.3 is 20.1 Å². The van der Waals surface area contributed by atoms with Crippen molar-refractivity contribution in [3.63, 3.8) is 0 Å². The van der Waals surface area contributed by atoms with Crippen LogP contribution in [0, 0.1) is 0 Å². The van der Waals surface area contributed by atoms with Crippen molar-refractivity contribution in [1.82, 2.24) is 9.88 Å². The quantitative estimate of drug-likeness (QED) is 0.368. The molecule has 3 N–H and O–H groups in total. The van der Waals surface area contributed by atoms with E-state index >= 15 is 0 Å². The van der Waals surface area contributed by atoms with Crippen LogP contribution in [0.5, 0.6) is 5.75 Å². The van der Waals surface area contributed by atoms with Crippen molar-refractivity contribution < 1.29 is 19.8 Å². The maximum Gasteiger partial charge on any atom is 0.295 e. The van der Waals surface area contributed by atoms with Gasteiger partial charge in [0.2, 0.25) is 0 Å². The molecule has 1 saturated heterocycles. The lowest BCUT2D eigenvalue weighted by molar-refractivity contribution is -0.139. The van der Waals surface area contributed by atoms with Crippen LogP contribution in [0.4, 0.5) is 0 Å². The van der Waals surface area contributed by atoms with Crippen molar-refractivity contribution in [2.75, 3.05) is 6.54 Å². The first-order valence-corrected chi connectivity index (χ1v) is 9.16. The van der Waals surface area contributed by atoms with E-state index in [1.165, 1.54) is 17.0 Å². The van der Waals surface area contributed by atoms with E-state index < -0.39 is 17.7 Å². The summed E-state index contributed by atoms with van der Waals surface area (Å²) in [5.41, 5.74) is 1.90. The molecule has 1 aliphatic rings. The van der Waals surface area contributed by atoms with Gasteiger partial charge in [0, 0.05) is 29.2 Å². The summed E-state index contributed by atoms with van der Waals surface area (Å²) < 4.78 is 0. The molecule has 4 rings (SSSR count). The average Bonchev–Trinajstić information content (AvgIpc) is 3.23. The predicted octanol–water partition coefficient (Wildman–Crippen LogP) is 3.71. The number of aliphatic hydroxyl groups is 1. The lowest BCUT2D eigenvalue weighted by Crippen LogP contribution is -2.30. The average molecular weight is 376 g/mol. The molecule has 0 bridgehead atoms. The molecular formula is C22H20N2O4. The molecule has 0 radical (unpaired) electrons. The third kappa shape index (κ3) is 2.74. The Morgan fingerprint density at radius 1 is 1.14 bits per heavy atom. The number of phenolic OH excluding ortho intramolecular Hbond substituents is 1. The number of nitrogens with zero attached hydrogens (tertiary/aromatic N) is 1. The molecule has 2 aromatic carbocycles. The van der Waals surface area contributed by atoms with Crippen LogP contribution in [0.15, 0.2) is 60.3 Å². The number of Topliss-reactive ketones (excluding diaryl/α,β-unsaturated/α-hetero) is 1. The van der Waals surface area contributed by atoms with Crippen molar-refractivity contribution in [1.29, 1.82) is 0 Å². The number of amides is 1. The van der Waals surface area contributed by atoms with Crippen LogP contribution >= 0.6 is 0 Å². The van der Waals surface area contributed by atoms with Gasteiger partial charge in [-0.25, -0.2) is 0 Å². The molecular weight excluding hydrogens is 356 g/mol. The molecule has 0 saturated carbocycles. The Balaban J connectivity index is 1.94. The number of H-pyrrole nitrogens is 1. The van der Waals surface area contributed by atoms with Gasteiger partial charge in [0.1, 0.15) is 11.5 Å². The SMILES string of the molecule is CCCN1C(=O)C(=O)/C(=C(\O)c2c[nH]c3ccccc23)C1c1cccc(O)c1. The maximum absolute atomic E-state index is 12.9. The van der Waals surface area contributed by atoms with Crippen molar-refractivity contribution in [2.45, 2.75) is 19.4 Å². The lowest BCUT2D eigenvalue weighted by atomic mass is 9.95. The number of carbonyl (C=O) groups excluding carboxylic acids is 2. The van der Waals surface area contributed by atoms with Gasteiger partial charge in [0.05, 0.1) is 11.6 Å². The molecule has 1 aliphatic heterocycles. The minimum absolute atomic E-state index is 0.0340. The Hall–Kier alpha value is -3.54. The van der Waals surface area contributed by atoms with Crippen molar-refractivity contribution in [2.24, 2.45) is 0 Å². The molecule has 1 fully saturated rings. The first-order chi connectivity index (χ1) is 13.5. The fourth-order valence-electron chi connectivity index (χ4n) is 3.81. The summed E-state index contributed by atoms with van der Waals surface area (Å²) in [5.74, 6) is -1.55. The smallest absolute Gasteiger partial charge is 0.295 e. The van der Waals surface area contributed by atoms with Crippen LogP contribution in [0.2, 0.25) is 0 Å². The Kier molecular flexibility index (Phi) is 4.39. The normalized spacial score (nSPS) is 18.9. The number of aromatic amines is 1. The number of carbonyl (C=O) groups is 2. The zero-order chi connectivity index (χ0) is 19.8. The van der Waals surface area contributed by atoms with Crippen LogP contribution < -0.4 is 0 Å². The zero-order valence-electron chi connectivity index (χ0n) is 15.3. The van der Waals surface area contributed by atoms with E-state index in [9.17, 15) is 19.8 Å². The van der Waals surface area contributed by atoms with Gasteiger partial charge in [-0.15, -0.1) is 0 Å². The van der Waals surface area contributed by atoms with E-state index in [0.717, 1.165) is 10.9 Å². The van der Waals surface area contributed by atoms with E-state index in [1.807, 2.05) is 31.2 Å². The fourth-order valence-corrected chi connectivity index (χ4v) is 3.81. The summed E-state index contributed by atoms with van der Waals surface area (Å²) in [5, 5.41) is 21.7. The maximum atomic E-state index is 12.9. The molecule has 1 aromatic heterocycles. The zero-order valence-corrected chi connectivity index (χ0v) is 15.3. The number of nitrogens with one attached hydrogen (secondary N) is 1. The Morgan fingerprint density at radius 3 is 2.68 bits per heavy atom. The van der Waals surface area contributed by atoms with Gasteiger partial charge in [-0.2, -0.15) is 0 Å². The Labute approximate surface area is 161 Å². The van der Waals surface area contributed by atoms with E-state index in [4.69, 9.17) is 0 Å². The number of aromatic nitrogens is 1. The van der Waals surface area contributed by atoms with E-state index in [0.29, 0.717) is 24.1 Å². The number of fused-ring (bicyclic) bond motifs is 1. The highest BCUT2D eigenvalue weighted by atomic mass is 16.3. The van der Waals surface area contributed by atoms with Gasteiger partial charge in [-0.05, 0) is 30.2 Å². The fraction of sp³-hybridized carbons (Fsp3) is 0.182. The highest BCUT2D eigenvalue weighted by Crippen LogP contribution is 2.41. The molecule has 0 aliphatic carbocycles. The molecule has 1 atom stereocenters. The monoisotopic (exact) mass is 376 g/mol. The number of rotatable bonds is 4. The van der Waals surface area contributed by atoms with E-state index in [1.54, 1.807) is 18.3 Å². The van der Waals surface area contributed by atoms with Crippen LogP contribution in [-0.2, 0) is 9.59 Å². The number of hydrogen-bond acceptors (Lipinski definition) is 4. The number of ketones is 1. The number of para-hydroxylation sites is 1. The second-order valence-electron chi connectivity index (χ2n) is 6.84. The van der Waals surface area contributed by atoms with Crippen molar-refractivity contribution in [3.05, 3.63) is 71.4 Å². The van der Waals surface area contributed by atoms with Gasteiger partial charge >= 0.3 is 0 Å². The number of hydrogen-bond donors (Lipinski definition) is 3. The Bertz CT molecular complexity index is 1110. The number of aromatic hydroxyl groups is 1. The van der Waals surface area contributed by atoms with Crippen LogP contribution in [-0.4, -0.2) is 38.3 Å². The second kappa shape index (κ2) is 6.88. The van der Waals surface area contributed by atoms with Gasteiger partial charge in [0.15, 0.2) is 0 Å². The second-order valence-corrected chi connectivity index (χ2v) is 6.84. The molecule has 0 spiro atoms. The Morgan fingerprint density at radius 2 is 1.93 bits per heavy atom. The molecule has 6 heteroatoms. The van der Waals surface area contributed by atoms with Crippen LogP contribution in [0.1, 0.15) is 30.5 Å². The molecule has 28 heavy (non-hydrogen) atoms. The van der Waals surface area contributed by atoms with Gasteiger partial charge in [-0.1, -0.05) is 37.3 Å². The summed E-state index contributed by atoms with van der Waals surface area (Å²) >= 11 is 0. The highest BCUT2D eigenvalue weighted by Gasteiger charge is 2.45. The van der Waals surface area contributed by atoms with Crippen LogP contribution in [0.3, 0.4) is 0 Å². The van der Waals surface area contributed by atoms with Crippen LogP contribution in [0.25, 0.3) is 16.7 Å². The first kappa shape index (κ1) is 17.9. The minimum atomic E-state index is -0.749. The molecule has 2 heterocycles. The highest BCUT2D eigenvalue weighted by molar-refractivity contribution is 6.46. The summed E-state index contributed by atoms with van der Waals surface area (Å²) in [6.07, 6.45) is 2.29. The summed E-state index contributed by atoms with van der Waals surface area (Å²) in [4.78, 5) is 30.1. The third-order valence-electron chi connectivity index (χ3n) is 5.03. The van der Waals surface area contributed by atoms with Crippen molar-refractivity contribution >= 4 is 28.4 Å². The molecule has 1 amide bonds. The lowest BCUT2D eigenvalue weighted by Gasteiger charge is -2.24. The predicted molar refractivity (Wildman–Crippen MR) is 106 cm³/mol. The summed E-state index contributed by atoms with van der Waals surface area (Å²) in [6.45, 7) is 2.29. The number of phenols is 1. The summed E-state index contributed by atoms with van der Waals surface area (Å²) in [6, 6.07) is 13.1. The molecule has 1 unspecified atom stereocenters.